The molecule has 0 aliphatic rings. The molecule has 0 saturated heterocycles. The molecule has 0 atom stereocenters. The molecule has 1 aromatic heterocycles. The van der Waals surface area contributed by atoms with Crippen LogP contribution in [0.15, 0.2) is 48.5 Å². The van der Waals surface area contributed by atoms with Crippen molar-refractivity contribution in [3.63, 3.8) is 0 Å². The molecule has 0 bridgehead atoms. The van der Waals surface area contributed by atoms with E-state index in [0.29, 0.717) is 23.0 Å². The van der Waals surface area contributed by atoms with Crippen molar-refractivity contribution in [3.8, 4) is 23.4 Å². The number of aromatic nitrogens is 1. The van der Waals surface area contributed by atoms with Gasteiger partial charge in [0.15, 0.2) is 0 Å². The number of nitrogens with zero attached hydrogens (tertiary/aromatic N) is 2. The summed E-state index contributed by atoms with van der Waals surface area (Å²) in [5.41, 5.74) is 4.78. The van der Waals surface area contributed by atoms with E-state index < -0.39 is 0 Å². The van der Waals surface area contributed by atoms with Crippen LogP contribution in [-0.4, -0.2) is 12.1 Å². The highest BCUT2D eigenvalue weighted by molar-refractivity contribution is 5.60. The Balaban J connectivity index is 1.90. The summed E-state index contributed by atoms with van der Waals surface area (Å²) in [6.07, 6.45) is 0. The van der Waals surface area contributed by atoms with Gasteiger partial charge in [0.25, 0.3) is 0 Å². The summed E-state index contributed by atoms with van der Waals surface area (Å²) in [5, 5.41) is 12.1. The molecule has 3 aromatic rings. The molecule has 0 amide bonds. The molecule has 0 unspecified atom stereocenters. The summed E-state index contributed by atoms with van der Waals surface area (Å²) >= 11 is 0. The maximum absolute atomic E-state index is 8.91. The largest absolute Gasteiger partial charge is 0.481 e. The summed E-state index contributed by atoms with van der Waals surface area (Å²) < 4.78 is 11.5. The van der Waals surface area contributed by atoms with Gasteiger partial charge in [-0.15, -0.1) is 0 Å². The van der Waals surface area contributed by atoms with Gasteiger partial charge in [-0.25, -0.2) is 0 Å². The van der Waals surface area contributed by atoms with Crippen LogP contribution in [0.4, 0.5) is 11.5 Å². The van der Waals surface area contributed by atoms with Gasteiger partial charge in [0.2, 0.25) is 5.88 Å². The first-order valence-corrected chi connectivity index (χ1v) is 8.57. The van der Waals surface area contributed by atoms with Crippen molar-refractivity contribution in [3.05, 3.63) is 70.8 Å². The van der Waals surface area contributed by atoms with Crippen molar-refractivity contribution in [2.75, 3.05) is 12.4 Å². The number of anilines is 2. The van der Waals surface area contributed by atoms with Crippen LogP contribution in [0.5, 0.6) is 17.4 Å². The van der Waals surface area contributed by atoms with Crippen LogP contribution in [0.2, 0.25) is 0 Å². The standard InChI is InChI=1S/C22H21N3O2/c1-14-9-15(2)22(16(3)10-14)27-19-11-20(25-21(12-19)26-4)24-18-7-5-17(13-23)6-8-18/h5-12H,1-4H3,(H,24,25). The van der Waals surface area contributed by atoms with E-state index in [1.54, 1.807) is 25.3 Å². The van der Waals surface area contributed by atoms with E-state index in [1.807, 2.05) is 32.0 Å². The van der Waals surface area contributed by atoms with E-state index in [1.165, 1.54) is 5.56 Å². The molecule has 5 heteroatoms. The van der Waals surface area contributed by atoms with Crippen LogP contribution in [0, 0.1) is 32.1 Å². The molecule has 0 aliphatic carbocycles. The lowest BCUT2D eigenvalue weighted by atomic mass is 10.1. The van der Waals surface area contributed by atoms with Crippen LogP contribution in [0.1, 0.15) is 22.3 Å². The molecule has 1 heterocycles. The molecule has 136 valence electrons. The number of ether oxygens (including phenoxy) is 2. The van der Waals surface area contributed by atoms with Crippen molar-refractivity contribution >= 4 is 11.5 Å². The Labute approximate surface area is 159 Å². The summed E-state index contributed by atoms with van der Waals surface area (Å²) in [4.78, 5) is 4.41. The summed E-state index contributed by atoms with van der Waals surface area (Å²) in [6, 6.07) is 17.0. The normalized spacial score (nSPS) is 10.2. The quantitative estimate of drug-likeness (QED) is 0.658. The van der Waals surface area contributed by atoms with E-state index >= 15 is 0 Å². The maximum Gasteiger partial charge on any atom is 0.218 e. The predicted molar refractivity (Wildman–Crippen MR) is 106 cm³/mol. The van der Waals surface area contributed by atoms with Gasteiger partial charge in [0.05, 0.1) is 18.7 Å². The fourth-order valence-corrected chi connectivity index (χ4v) is 2.93. The maximum atomic E-state index is 8.91. The topological polar surface area (TPSA) is 67.2 Å². The van der Waals surface area contributed by atoms with Gasteiger partial charge in [0.1, 0.15) is 17.3 Å². The van der Waals surface area contributed by atoms with Crippen molar-refractivity contribution in [2.24, 2.45) is 0 Å². The second-order valence-corrected chi connectivity index (χ2v) is 6.37. The molecular weight excluding hydrogens is 338 g/mol. The van der Waals surface area contributed by atoms with Crippen LogP contribution in [-0.2, 0) is 0 Å². The number of pyridine rings is 1. The molecule has 0 aliphatic heterocycles. The number of rotatable bonds is 5. The number of hydrogen-bond acceptors (Lipinski definition) is 5. The van der Waals surface area contributed by atoms with E-state index in [-0.39, 0.29) is 0 Å². The second-order valence-electron chi connectivity index (χ2n) is 6.37. The number of aryl methyl sites for hydroxylation is 3. The number of nitriles is 1. The van der Waals surface area contributed by atoms with E-state index in [9.17, 15) is 0 Å². The monoisotopic (exact) mass is 359 g/mol. The summed E-state index contributed by atoms with van der Waals surface area (Å²) in [7, 11) is 1.57. The third kappa shape index (κ3) is 4.36. The van der Waals surface area contributed by atoms with Gasteiger partial charge in [0, 0.05) is 17.8 Å². The van der Waals surface area contributed by atoms with Gasteiger partial charge in [-0.1, -0.05) is 17.7 Å². The highest BCUT2D eigenvalue weighted by atomic mass is 16.5. The number of hydrogen-bond donors (Lipinski definition) is 1. The molecule has 0 fully saturated rings. The molecule has 0 saturated carbocycles. The van der Waals surface area contributed by atoms with Gasteiger partial charge in [-0.3, -0.25) is 0 Å². The number of methoxy groups -OCH3 is 1. The van der Waals surface area contributed by atoms with E-state index in [2.05, 4.69) is 35.4 Å². The van der Waals surface area contributed by atoms with Gasteiger partial charge in [-0.2, -0.15) is 10.2 Å². The van der Waals surface area contributed by atoms with E-state index in [4.69, 9.17) is 14.7 Å². The second kappa shape index (κ2) is 7.79. The average Bonchev–Trinajstić information content (AvgIpc) is 2.65. The smallest absolute Gasteiger partial charge is 0.218 e. The van der Waals surface area contributed by atoms with Crippen LogP contribution in [0.3, 0.4) is 0 Å². The Kier molecular flexibility index (Phi) is 5.28. The van der Waals surface area contributed by atoms with Crippen LogP contribution in [0.25, 0.3) is 0 Å². The molecule has 5 nitrogen and oxygen atoms in total. The zero-order chi connectivity index (χ0) is 19.4. The molecule has 3 rings (SSSR count). The number of nitrogens with one attached hydrogen (secondary N) is 1. The van der Waals surface area contributed by atoms with Crippen molar-refractivity contribution < 1.29 is 9.47 Å². The Morgan fingerprint density at radius 3 is 2.22 bits per heavy atom. The Morgan fingerprint density at radius 2 is 1.63 bits per heavy atom. The molecule has 2 aromatic carbocycles. The fraction of sp³-hybridized carbons (Fsp3) is 0.182. The molecule has 0 radical (unpaired) electrons. The summed E-state index contributed by atoms with van der Waals surface area (Å²) in [6.45, 7) is 6.13. The summed E-state index contributed by atoms with van der Waals surface area (Å²) in [5.74, 6) is 2.51. The first-order valence-electron chi connectivity index (χ1n) is 8.57. The fourth-order valence-electron chi connectivity index (χ4n) is 2.93. The lowest BCUT2D eigenvalue weighted by Crippen LogP contribution is -1.98. The average molecular weight is 359 g/mol. The number of benzene rings is 2. The SMILES string of the molecule is COc1cc(Oc2c(C)cc(C)cc2C)cc(Nc2ccc(C#N)cc2)n1. The van der Waals surface area contributed by atoms with Crippen molar-refractivity contribution in [1.82, 2.24) is 4.98 Å². The van der Waals surface area contributed by atoms with Crippen LogP contribution >= 0.6 is 0 Å². The zero-order valence-corrected chi connectivity index (χ0v) is 15.8. The van der Waals surface area contributed by atoms with Crippen molar-refractivity contribution in [2.45, 2.75) is 20.8 Å². The molecule has 0 spiro atoms. The minimum atomic E-state index is 0.450. The Bertz CT molecular complexity index is 982. The van der Waals surface area contributed by atoms with Crippen LogP contribution < -0.4 is 14.8 Å². The minimum absolute atomic E-state index is 0.450. The van der Waals surface area contributed by atoms with Gasteiger partial charge < -0.3 is 14.8 Å². The first kappa shape index (κ1) is 18.3. The Morgan fingerprint density at radius 1 is 0.963 bits per heavy atom. The highest BCUT2D eigenvalue weighted by Crippen LogP contribution is 2.33. The third-order valence-corrected chi connectivity index (χ3v) is 4.10. The minimum Gasteiger partial charge on any atom is -0.481 e. The first-order chi connectivity index (χ1) is 13.0. The lowest BCUT2D eigenvalue weighted by Gasteiger charge is -2.15. The van der Waals surface area contributed by atoms with Gasteiger partial charge in [-0.05, 0) is 56.2 Å². The van der Waals surface area contributed by atoms with Crippen molar-refractivity contribution in [1.29, 1.82) is 5.26 Å². The molecule has 27 heavy (non-hydrogen) atoms. The third-order valence-electron chi connectivity index (χ3n) is 4.10. The van der Waals surface area contributed by atoms with Gasteiger partial charge >= 0.3 is 0 Å². The lowest BCUT2D eigenvalue weighted by molar-refractivity contribution is 0.392. The zero-order valence-electron chi connectivity index (χ0n) is 15.8. The highest BCUT2D eigenvalue weighted by Gasteiger charge is 2.10. The molecular formula is C22H21N3O2. The van der Waals surface area contributed by atoms with E-state index in [0.717, 1.165) is 22.6 Å². The molecule has 1 N–H and O–H groups in total. The predicted octanol–water partition coefficient (Wildman–Crippen LogP) is 5.42. The Hall–Kier alpha value is -3.52.